The highest BCUT2D eigenvalue weighted by molar-refractivity contribution is 5.79. The van der Waals surface area contributed by atoms with E-state index in [1.165, 1.54) is 24.3 Å². The van der Waals surface area contributed by atoms with Crippen LogP contribution >= 0.6 is 0 Å². The third-order valence-corrected chi connectivity index (χ3v) is 7.20. The molecule has 0 fully saturated rings. The predicted octanol–water partition coefficient (Wildman–Crippen LogP) is 6.62. The average Bonchev–Trinajstić information content (AvgIpc) is 3.35. The van der Waals surface area contributed by atoms with Gasteiger partial charge in [-0.2, -0.15) is 0 Å². The summed E-state index contributed by atoms with van der Waals surface area (Å²) in [5, 5.41) is 13.6. The van der Waals surface area contributed by atoms with Crippen molar-refractivity contribution in [3.63, 3.8) is 0 Å². The molecule has 10 heteroatoms. The van der Waals surface area contributed by atoms with E-state index in [-0.39, 0.29) is 37.2 Å². The van der Waals surface area contributed by atoms with Gasteiger partial charge in [0.1, 0.15) is 19.0 Å². The standard InChI is InChI=1S/C33H30N2O8/c1-22(40-19-23-9-3-2-4-10-23)31(21-42-33(37)43-25-17-15-24(16-18-25)35(38)39)34-32(36)41-20-30-28-13-7-5-11-26(28)27-12-6-8-14-29(27)30/h2-18,22,30-31H,19-21H2,1H3,(H,34,36)/t22-,31-/m0/s1. The number of rotatable bonds is 11. The highest BCUT2D eigenvalue weighted by Gasteiger charge is 2.30. The van der Waals surface area contributed by atoms with Gasteiger partial charge in [-0.3, -0.25) is 10.1 Å². The van der Waals surface area contributed by atoms with Crippen LogP contribution in [-0.4, -0.2) is 42.5 Å². The van der Waals surface area contributed by atoms with E-state index in [0.717, 1.165) is 27.8 Å². The number of fused-ring (bicyclic) bond motifs is 3. The van der Waals surface area contributed by atoms with Crippen LogP contribution in [0.4, 0.5) is 15.3 Å². The zero-order valence-corrected chi connectivity index (χ0v) is 23.4. The Bertz CT molecular complexity index is 1530. The van der Waals surface area contributed by atoms with E-state index >= 15 is 0 Å². The highest BCUT2D eigenvalue weighted by atomic mass is 16.7. The molecule has 4 aromatic rings. The maximum atomic E-state index is 13.0. The minimum absolute atomic E-state index is 0.0741. The number of hydrogen-bond donors (Lipinski definition) is 1. The van der Waals surface area contributed by atoms with Crippen molar-refractivity contribution in [2.24, 2.45) is 0 Å². The second-order valence-electron chi connectivity index (χ2n) is 9.99. The smallest absolute Gasteiger partial charge is 0.449 e. The predicted molar refractivity (Wildman–Crippen MR) is 158 cm³/mol. The molecule has 0 unspecified atom stereocenters. The number of nitrogens with zero attached hydrogens (tertiary/aromatic N) is 1. The molecule has 0 aromatic heterocycles. The maximum Gasteiger partial charge on any atom is 0.513 e. The Balaban J connectivity index is 1.21. The lowest BCUT2D eigenvalue weighted by atomic mass is 9.98. The van der Waals surface area contributed by atoms with Gasteiger partial charge in [-0.05, 0) is 46.9 Å². The van der Waals surface area contributed by atoms with Crippen molar-refractivity contribution in [1.29, 1.82) is 0 Å². The van der Waals surface area contributed by atoms with Gasteiger partial charge in [-0.25, -0.2) is 9.59 Å². The fourth-order valence-corrected chi connectivity index (χ4v) is 4.92. The van der Waals surface area contributed by atoms with Crippen LogP contribution < -0.4 is 10.1 Å². The first-order valence-corrected chi connectivity index (χ1v) is 13.7. The largest absolute Gasteiger partial charge is 0.513 e. The van der Waals surface area contributed by atoms with Crippen LogP contribution in [0.3, 0.4) is 0 Å². The molecule has 2 atom stereocenters. The normalized spacial score (nSPS) is 13.2. The minimum Gasteiger partial charge on any atom is -0.449 e. The van der Waals surface area contributed by atoms with Crippen LogP contribution in [0.1, 0.15) is 29.5 Å². The summed E-state index contributed by atoms with van der Waals surface area (Å²) in [7, 11) is 0. The SMILES string of the molecule is C[C@H](OCc1ccccc1)[C@H](COC(=O)Oc1ccc([N+](=O)[O-])cc1)NC(=O)OCC1c2ccccc2-c2ccccc21. The first kappa shape index (κ1) is 29.3. The molecule has 1 N–H and O–H groups in total. The van der Waals surface area contributed by atoms with Gasteiger partial charge in [-0.15, -0.1) is 0 Å². The second kappa shape index (κ2) is 13.6. The molecule has 1 amide bonds. The number of carbonyl (C=O) groups is 2. The topological polar surface area (TPSA) is 126 Å². The van der Waals surface area contributed by atoms with Crippen molar-refractivity contribution in [3.05, 3.63) is 130 Å². The molecule has 0 spiro atoms. The number of amides is 1. The fraction of sp³-hybridized carbons (Fsp3) is 0.212. The molecule has 43 heavy (non-hydrogen) atoms. The van der Waals surface area contributed by atoms with Crippen LogP contribution in [-0.2, 0) is 20.8 Å². The molecular formula is C33H30N2O8. The lowest BCUT2D eigenvalue weighted by Gasteiger charge is -2.25. The summed E-state index contributed by atoms with van der Waals surface area (Å²) < 4.78 is 22.1. The van der Waals surface area contributed by atoms with Gasteiger partial charge >= 0.3 is 12.2 Å². The van der Waals surface area contributed by atoms with Gasteiger partial charge in [0.25, 0.3) is 5.69 Å². The first-order chi connectivity index (χ1) is 20.9. The van der Waals surface area contributed by atoms with Crippen molar-refractivity contribution < 1.29 is 33.5 Å². The van der Waals surface area contributed by atoms with Crippen molar-refractivity contribution in [2.45, 2.75) is 31.6 Å². The van der Waals surface area contributed by atoms with E-state index in [1.807, 2.05) is 66.7 Å². The van der Waals surface area contributed by atoms with Crippen LogP contribution in [0.5, 0.6) is 5.75 Å². The Morgan fingerprint density at radius 1 is 0.837 bits per heavy atom. The summed E-state index contributed by atoms with van der Waals surface area (Å²) in [6, 6.07) is 29.8. The van der Waals surface area contributed by atoms with E-state index in [2.05, 4.69) is 17.4 Å². The van der Waals surface area contributed by atoms with Gasteiger partial charge in [0.2, 0.25) is 0 Å². The quantitative estimate of drug-likeness (QED) is 0.0905. The highest BCUT2D eigenvalue weighted by Crippen LogP contribution is 2.44. The van der Waals surface area contributed by atoms with Gasteiger partial charge in [0, 0.05) is 18.1 Å². The summed E-state index contributed by atoms with van der Waals surface area (Å²) in [6.07, 6.45) is -2.30. The number of benzene rings is 4. The number of non-ortho nitro benzene ring substituents is 1. The average molecular weight is 583 g/mol. The second-order valence-corrected chi connectivity index (χ2v) is 9.99. The Kier molecular flexibility index (Phi) is 9.28. The van der Waals surface area contributed by atoms with Crippen LogP contribution in [0.25, 0.3) is 11.1 Å². The molecule has 0 saturated carbocycles. The molecule has 4 aromatic carbocycles. The molecule has 1 aliphatic carbocycles. The zero-order valence-electron chi connectivity index (χ0n) is 23.4. The number of nitro groups is 1. The Labute approximate surface area is 248 Å². The van der Waals surface area contributed by atoms with Crippen LogP contribution in [0.15, 0.2) is 103 Å². The van der Waals surface area contributed by atoms with E-state index in [0.29, 0.717) is 0 Å². The molecule has 1 aliphatic rings. The molecule has 0 saturated heterocycles. The van der Waals surface area contributed by atoms with Crippen molar-refractivity contribution >= 4 is 17.9 Å². The summed E-state index contributed by atoms with van der Waals surface area (Å²) >= 11 is 0. The fourth-order valence-electron chi connectivity index (χ4n) is 4.92. The third-order valence-electron chi connectivity index (χ3n) is 7.20. The number of nitro benzene ring substituents is 1. The van der Waals surface area contributed by atoms with E-state index in [4.69, 9.17) is 18.9 Å². The molecule has 0 aliphatic heterocycles. The van der Waals surface area contributed by atoms with E-state index in [9.17, 15) is 19.7 Å². The van der Waals surface area contributed by atoms with Gasteiger partial charge < -0.3 is 24.3 Å². The lowest BCUT2D eigenvalue weighted by molar-refractivity contribution is -0.384. The Morgan fingerprint density at radius 3 is 2.07 bits per heavy atom. The van der Waals surface area contributed by atoms with Crippen molar-refractivity contribution in [3.8, 4) is 16.9 Å². The van der Waals surface area contributed by atoms with Gasteiger partial charge in [0.05, 0.1) is 23.7 Å². The third kappa shape index (κ3) is 7.35. The van der Waals surface area contributed by atoms with E-state index in [1.54, 1.807) is 6.92 Å². The molecule has 5 rings (SSSR count). The molecule has 10 nitrogen and oxygen atoms in total. The monoisotopic (exact) mass is 582 g/mol. The Morgan fingerprint density at radius 2 is 1.44 bits per heavy atom. The van der Waals surface area contributed by atoms with Crippen molar-refractivity contribution in [1.82, 2.24) is 5.32 Å². The minimum atomic E-state index is -1.04. The number of carbonyl (C=O) groups excluding carboxylic acids is 2. The van der Waals surface area contributed by atoms with Crippen LogP contribution in [0, 0.1) is 10.1 Å². The summed E-state index contributed by atoms with van der Waals surface area (Å²) in [6.45, 7) is 1.88. The number of nitrogens with one attached hydrogen (secondary N) is 1. The summed E-state index contributed by atoms with van der Waals surface area (Å²) in [4.78, 5) is 35.7. The molecule has 0 heterocycles. The number of alkyl carbamates (subject to hydrolysis) is 1. The summed E-state index contributed by atoms with van der Waals surface area (Å²) in [5.74, 6) is -0.0405. The molecule has 0 radical (unpaired) electrons. The number of hydrogen-bond acceptors (Lipinski definition) is 8. The zero-order chi connectivity index (χ0) is 30.2. The van der Waals surface area contributed by atoms with E-state index < -0.39 is 29.3 Å². The number of ether oxygens (including phenoxy) is 4. The van der Waals surface area contributed by atoms with Crippen molar-refractivity contribution in [2.75, 3.05) is 13.2 Å². The maximum absolute atomic E-state index is 13.0. The van der Waals surface area contributed by atoms with Gasteiger partial charge in [-0.1, -0.05) is 78.9 Å². The lowest BCUT2D eigenvalue weighted by Crippen LogP contribution is -2.47. The Hall–Kier alpha value is -5.22. The molecule has 0 bridgehead atoms. The van der Waals surface area contributed by atoms with Gasteiger partial charge in [0.15, 0.2) is 0 Å². The summed E-state index contributed by atoms with van der Waals surface area (Å²) in [5.41, 5.74) is 5.21. The molecular weight excluding hydrogens is 552 g/mol. The molecule has 220 valence electrons. The first-order valence-electron chi connectivity index (χ1n) is 13.7. The van der Waals surface area contributed by atoms with Crippen LogP contribution in [0.2, 0.25) is 0 Å².